The van der Waals surface area contributed by atoms with Crippen molar-refractivity contribution in [3.63, 3.8) is 0 Å². The van der Waals surface area contributed by atoms with Crippen molar-refractivity contribution in [3.8, 4) is 17.1 Å². The fourth-order valence-corrected chi connectivity index (χ4v) is 5.09. The van der Waals surface area contributed by atoms with Crippen molar-refractivity contribution in [2.24, 2.45) is 5.10 Å². The van der Waals surface area contributed by atoms with E-state index in [1.165, 1.54) is 11.1 Å². The summed E-state index contributed by atoms with van der Waals surface area (Å²) in [5.41, 5.74) is 7.50. The van der Waals surface area contributed by atoms with Gasteiger partial charge in [-0.05, 0) is 30.7 Å². The van der Waals surface area contributed by atoms with Gasteiger partial charge in [0.25, 0.3) is 0 Å². The van der Waals surface area contributed by atoms with E-state index in [0.717, 1.165) is 51.2 Å². The lowest BCUT2D eigenvalue weighted by Gasteiger charge is -2.38. The Morgan fingerprint density at radius 1 is 0.829 bits per heavy atom. The Morgan fingerprint density at radius 3 is 2.49 bits per heavy atom. The highest BCUT2D eigenvalue weighted by molar-refractivity contribution is 6.02. The molecule has 170 valence electrons. The van der Waals surface area contributed by atoms with Crippen molar-refractivity contribution in [2.75, 3.05) is 0 Å². The summed E-state index contributed by atoms with van der Waals surface area (Å²) >= 11 is 0. The van der Waals surface area contributed by atoms with Crippen LogP contribution in [0.3, 0.4) is 0 Å². The Hall–Kier alpha value is -4.38. The topological polar surface area (TPSA) is 50.9 Å². The van der Waals surface area contributed by atoms with Gasteiger partial charge >= 0.3 is 0 Å². The van der Waals surface area contributed by atoms with Gasteiger partial charge in [0.05, 0.1) is 17.1 Å². The minimum Gasteiger partial charge on any atom is -0.464 e. The molecular weight excluding hydrogens is 434 g/mol. The lowest BCUT2D eigenvalue weighted by atomic mass is 9.95. The summed E-state index contributed by atoms with van der Waals surface area (Å²) in [4.78, 5) is 0. The second-order valence-electron chi connectivity index (χ2n) is 9.17. The van der Waals surface area contributed by atoms with Crippen LogP contribution in [-0.4, -0.2) is 15.9 Å². The van der Waals surface area contributed by atoms with Crippen LogP contribution in [0.2, 0.25) is 0 Å². The highest BCUT2D eigenvalue weighted by Crippen LogP contribution is 2.48. The molecule has 0 fully saturated rings. The summed E-state index contributed by atoms with van der Waals surface area (Å²) in [6, 6.07) is 33.3. The Morgan fingerprint density at radius 2 is 1.63 bits per heavy atom. The molecular formula is C30H23N3O2. The third kappa shape index (κ3) is 3.31. The average molecular weight is 458 g/mol. The van der Waals surface area contributed by atoms with E-state index < -0.39 is 0 Å². The van der Waals surface area contributed by atoms with E-state index in [2.05, 4.69) is 71.7 Å². The number of para-hydroxylation sites is 1. The Labute approximate surface area is 203 Å². The molecule has 3 heterocycles. The third-order valence-corrected chi connectivity index (χ3v) is 6.91. The van der Waals surface area contributed by atoms with E-state index in [1.807, 2.05) is 42.5 Å². The molecule has 35 heavy (non-hydrogen) atoms. The quantitative estimate of drug-likeness (QED) is 0.291. The molecule has 0 saturated carbocycles. The van der Waals surface area contributed by atoms with Crippen molar-refractivity contribution < 1.29 is 9.26 Å². The summed E-state index contributed by atoms with van der Waals surface area (Å²) in [7, 11) is 0. The maximum Gasteiger partial charge on any atom is 0.213 e. The monoisotopic (exact) mass is 457 g/mol. The van der Waals surface area contributed by atoms with Crippen LogP contribution in [0.1, 0.15) is 40.9 Å². The predicted octanol–water partition coefficient (Wildman–Crippen LogP) is 7.05. The molecule has 0 bridgehead atoms. The first-order valence-corrected chi connectivity index (χ1v) is 11.9. The second kappa shape index (κ2) is 7.84. The lowest BCUT2D eigenvalue weighted by molar-refractivity contribution is -0.0189. The Kier molecular flexibility index (Phi) is 4.49. The summed E-state index contributed by atoms with van der Waals surface area (Å²) < 4.78 is 12.3. The Balaban J connectivity index is 1.34. The summed E-state index contributed by atoms with van der Waals surface area (Å²) in [5.74, 6) is 1.67. The van der Waals surface area contributed by atoms with E-state index in [-0.39, 0.29) is 12.3 Å². The van der Waals surface area contributed by atoms with Crippen LogP contribution in [0, 0.1) is 6.92 Å². The van der Waals surface area contributed by atoms with Crippen LogP contribution in [-0.2, 0) is 0 Å². The highest BCUT2D eigenvalue weighted by Gasteiger charge is 2.41. The largest absolute Gasteiger partial charge is 0.464 e. The van der Waals surface area contributed by atoms with Crippen LogP contribution < -0.4 is 4.74 Å². The van der Waals surface area contributed by atoms with Gasteiger partial charge in [-0.15, -0.1) is 0 Å². The number of benzene rings is 4. The number of rotatable bonds is 3. The molecule has 4 aromatic carbocycles. The minimum absolute atomic E-state index is 0.119. The number of hydrogen-bond donors (Lipinski definition) is 0. The molecule has 0 radical (unpaired) electrons. The number of hydrazone groups is 1. The fraction of sp³-hybridized carbons (Fsp3) is 0.133. The molecule has 1 aromatic heterocycles. The highest BCUT2D eigenvalue weighted by atomic mass is 16.5. The molecule has 5 aromatic rings. The third-order valence-electron chi connectivity index (χ3n) is 6.91. The SMILES string of the molecule is Cc1ccc(C2=NN3[C@@H](C2)c2ccccc2O[C@H]3c2ccc3noc(-c4ccccc4)c3c2)cc1. The standard InChI is InChI=1S/C30H23N3O2/c1-19-11-13-20(14-12-19)26-18-27-23-9-5-6-10-28(23)34-30(33(27)31-26)22-15-16-25-24(17-22)29(35-32-25)21-7-3-2-4-8-21/h2-17,27,30H,18H2,1H3/t27-,30-/m0/s1. The van der Waals surface area contributed by atoms with Crippen molar-refractivity contribution in [1.82, 2.24) is 10.2 Å². The van der Waals surface area contributed by atoms with Gasteiger partial charge in [-0.2, -0.15) is 5.10 Å². The zero-order valence-corrected chi connectivity index (χ0v) is 19.3. The number of hydrogen-bond acceptors (Lipinski definition) is 5. The fourth-order valence-electron chi connectivity index (χ4n) is 5.09. The molecule has 0 N–H and O–H groups in total. The molecule has 0 spiro atoms. The van der Waals surface area contributed by atoms with Crippen LogP contribution in [0.25, 0.3) is 22.2 Å². The van der Waals surface area contributed by atoms with Gasteiger partial charge < -0.3 is 9.26 Å². The number of nitrogens with zero attached hydrogens (tertiary/aromatic N) is 3. The first-order valence-electron chi connectivity index (χ1n) is 11.9. The number of fused-ring (bicyclic) bond motifs is 4. The number of aryl methyl sites for hydroxylation is 1. The van der Waals surface area contributed by atoms with Gasteiger partial charge in [0.15, 0.2) is 5.76 Å². The van der Waals surface area contributed by atoms with Gasteiger partial charge in [0, 0.05) is 23.1 Å². The van der Waals surface area contributed by atoms with E-state index in [9.17, 15) is 0 Å². The van der Waals surface area contributed by atoms with Crippen molar-refractivity contribution in [2.45, 2.75) is 25.6 Å². The number of ether oxygens (including phenoxy) is 1. The zero-order valence-electron chi connectivity index (χ0n) is 19.3. The molecule has 0 aliphatic carbocycles. The van der Waals surface area contributed by atoms with Gasteiger partial charge in [-0.1, -0.05) is 89.6 Å². The normalized spacial score (nSPS) is 18.7. The molecule has 0 unspecified atom stereocenters. The first-order chi connectivity index (χ1) is 17.2. The summed E-state index contributed by atoms with van der Waals surface area (Å²) in [6.45, 7) is 2.11. The van der Waals surface area contributed by atoms with Crippen molar-refractivity contribution >= 4 is 16.6 Å². The predicted molar refractivity (Wildman–Crippen MR) is 136 cm³/mol. The van der Waals surface area contributed by atoms with Crippen LogP contribution in [0.4, 0.5) is 0 Å². The molecule has 0 saturated heterocycles. The lowest BCUT2D eigenvalue weighted by Crippen LogP contribution is -2.33. The van der Waals surface area contributed by atoms with Gasteiger partial charge in [-0.25, -0.2) is 5.01 Å². The molecule has 7 rings (SSSR count). The maximum atomic E-state index is 6.57. The van der Waals surface area contributed by atoms with Crippen molar-refractivity contribution in [3.05, 3.63) is 119 Å². The van der Waals surface area contributed by atoms with Gasteiger partial charge in [-0.3, -0.25) is 0 Å². The second-order valence-corrected chi connectivity index (χ2v) is 9.17. The van der Waals surface area contributed by atoms with Crippen molar-refractivity contribution in [1.29, 1.82) is 0 Å². The van der Waals surface area contributed by atoms with E-state index in [1.54, 1.807) is 0 Å². The molecule has 5 heteroatoms. The molecule has 5 nitrogen and oxygen atoms in total. The average Bonchev–Trinajstić information content (AvgIpc) is 3.54. The zero-order chi connectivity index (χ0) is 23.4. The molecule has 2 atom stereocenters. The molecule has 2 aliphatic rings. The summed E-state index contributed by atoms with van der Waals surface area (Å²) in [6.07, 6.45) is 0.491. The summed E-state index contributed by atoms with van der Waals surface area (Å²) in [5, 5.41) is 12.5. The number of aromatic nitrogens is 1. The minimum atomic E-state index is -0.347. The van der Waals surface area contributed by atoms with Crippen LogP contribution >= 0.6 is 0 Å². The Bertz CT molecular complexity index is 1570. The van der Waals surface area contributed by atoms with Gasteiger partial charge in [0.1, 0.15) is 11.3 Å². The molecule has 2 aliphatic heterocycles. The molecule has 0 amide bonds. The van der Waals surface area contributed by atoms with E-state index in [0.29, 0.717) is 0 Å². The van der Waals surface area contributed by atoms with Crippen LogP contribution in [0.15, 0.2) is 107 Å². The smallest absolute Gasteiger partial charge is 0.213 e. The maximum absolute atomic E-state index is 6.57. The van der Waals surface area contributed by atoms with Crippen LogP contribution in [0.5, 0.6) is 5.75 Å². The van der Waals surface area contributed by atoms with Gasteiger partial charge in [0.2, 0.25) is 6.23 Å². The van der Waals surface area contributed by atoms with E-state index in [4.69, 9.17) is 14.4 Å². The van der Waals surface area contributed by atoms with E-state index >= 15 is 0 Å². The first kappa shape index (κ1) is 20.0.